The molecule has 0 bridgehead atoms. The molecule has 242 valence electrons. The van der Waals surface area contributed by atoms with Crippen LogP contribution in [0.2, 0.25) is 0 Å². The van der Waals surface area contributed by atoms with Gasteiger partial charge in [0.25, 0.3) is 0 Å². The molecule has 2 nitrogen and oxygen atoms in total. The van der Waals surface area contributed by atoms with Crippen molar-refractivity contribution in [2.45, 2.75) is 19.3 Å². The van der Waals surface area contributed by atoms with Crippen molar-refractivity contribution >= 4 is 49.8 Å². The Hall–Kier alpha value is -6.38. The third kappa shape index (κ3) is 4.71. The lowest BCUT2D eigenvalue weighted by Crippen LogP contribution is -2.16. The number of fused-ring (bicyclic) bond motifs is 7. The Kier molecular flexibility index (Phi) is 6.56. The molecular weight excluding hydrogens is 619 g/mol. The van der Waals surface area contributed by atoms with E-state index in [-0.39, 0.29) is 5.41 Å². The maximum absolute atomic E-state index is 6.43. The van der Waals surface area contributed by atoms with Crippen molar-refractivity contribution in [3.05, 3.63) is 187 Å². The van der Waals surface area contributed by atoms with Gasteiger partial charge in [-0.3, -0.25) is 0 Å². The summed E-state index contributed by atoms with van der Waals surface area (Å²) in [6.07, 6.45) is 0. The number of hydrogen-bond donors (Lipinski definition) is 0. The fourth-order valence-corrected chi connectivity index (χ4v) is 8.26. The van der Waals surface area contributed by atoms with Gasteiger partial charge in [0, 0.05) is 33.2 Å². The second-order valence-electron chi connectivity index (χ2n) is 14.2. The number of rotatable bonds is 5. The molecule has 0 spiro atoms. The van der Waals surface area contributed by atoms with Gasteiger partial charge in [-0.2, -0.15) is 0 Å². The minimum atomic E-state index is -0.0679. The van der Waals surface area contributed by atoms with Gasteiger partial charge in [-0.25, -0.2) is 0 Å². The molecule has 10 rings (SSSR count). The normalized spacial score (nSPS) is 13.1. The van der Waals surface area contributed by atoms with Crippen molar-refractivity contribution < 1.29 is 4.42 Å². The molecule has 0 unspecified atom stereocenters. The van der Waals surface area contributed by atoms with Gasteiger partial charge in [0.2, 0.25) is 0 Å². The van der Waals surface area contributed by atoms with E-state index in [9.17, 15) is 0 Å². The van der Waals surface area contributed by atoms with Crippen LogP contribution in [0.3, 0.4) is 0 Å². The molecular formula is C49H35NO. The molecule has 0 N–H and O–H groups in total. The zero-order valence-electron chi connectivity index (χ0n) is 28.6. The maximum Gasteiger partial charge on any atom is 0.136 e. The van der Waals surface area contributed by atoms with E-state index in [0.29, 0.717) is 0 Å². The lowest BCUT2D eigenvalue weighted by atomic mass is 9.82. The van der Waals surface area contributed by atoms with Gasteiger partial charge < -0.3 is 9.32 Å². The molecule has 1 heterocycles. The Bertz CT molecular complexity index is 2770. The van der Waals surface area contributed by atoms with Crippen molar-refractivity contribution in [2.75, 3.05) is 4.90 Å². The van der Waals surface area contributed by atoms with Crippen LogP contribution in [-0.4, -0.2) is 0 Å². The van der Waals surface area contributed by atoms with Crippen LogP contribution in [0.25, 0.3) is 66.1 Å². The molecule has 2 heteroatoms. The molecule has 1 aliphatic rings. The van der Waals surface area contributed by atoms with E-state index < -0.39 is 0 Å². The van der Waals surface area contributed by atoms with Crippen molar-refractivity contribution in [1.29, 1.82) is 0 Å². The Morgan fingerprint density at radius 1 is 0.392 bits per heavy atom. The van der Waals surface area contributed by atoms with E-state index in [1.54, 1.807) is 0 Å². The number of para-hydroxylation sites is 1. The van der Waals surface area contributed by atoms with Crippen LogP contribution in [0.1, 0.15) is 25.0 Å². The number of nitrogens with zero attached hydrogens (tertiary/aromatic N) is 1. The average molecular weight is 654 g/mol. The average Bonchev–Trinajstić information content (AvgIpc) is 3.66. The van der Waals surface area contributed by atoms with Crippen LogP contribution in [0.4, 0.5) is 17.1 Å². The molecule has 0 amide bonds. The first-order valence-corrected chi connectivity index (χ1v) is 17.7. The molecule has 8 aromatic carbocycles. The third-order valence-corrected chi connectivity index (χ3v) is 10.9. The molecule has 1 aliphatic carbocycles. The van der Waals surface area contributed by atoms with Gasteiger partial charge in [0.1, 0.15) is 11.2 Å². The molecule has 0 atom stereocenters. The number of anilines is 3. The quantitative estimate of drug-likeness (QED) is 0.184. The molecule has 51 heavy (non-hydrogen) atoms. The molecule has 0 saturated carbocycles. The molecule has 0 radical (unpaired) electrons. The molecule has 0 fully saturated rings. The van der Waals surface area contributed by atoms with Crippen molar-refractivity contribution in [3.8, 4) is 33.4 Å². The second-order valence-corrected chi connectivity index (χ2v) is 14.2. The summed E-state index contributed by atoms with van der Waals surface area (Å²) in [6, 6.07) is 63.6. The van der Waals surface area contributed by atoms with Gasteiger partial charge in [-0.1, -0.05) is 129 Å². The summed E-state index contributed by atoms with van der Waals surface area (Å²) in [5.74, 6) is 0. The minimum Gasteiger partial charge on any atom is -0.456 e. The number of benzene rings is 8. The first kappa shape index (κ1) is 29.5. The van der Waals surface area contributed by atoms with Crippen molar-refractivity contribution in [3.63, 3.8) is 0 Å². The fourth-order valence-electron chi connectivity index (χ4n) is 8.26. The van der Waals surface area contributed by atoms with Crippen molar-refractivity contribution in [2.24, 2.45) is 0 Å². The largest absolute Gasteiger partial charge is 0.456 e. The highest BCUT2D eigenvalue weighted by molar-refractivity contribution is 6.08. The topological polar surface area (TPSA) is 16.4 Å². The van der Waals surface area contributed by atoms with Crippen LogP contribution in [0.5, 0.6) is 0 Å². The van der Waals surface area contributed by atoms with Gasteiger partial charge in [0.05, 0.1) is 0 Å². The first-order chi connectivity index (χ1) is 25.0. The van der Waals surface area contributed by atoms with E-state index in [0.717, 1.165) is 50.1 Å². The highest BCUT2D eigenvalue weighted by Gasteiger charge is 2.35. The summed E-state index contributed by atoms with van der Waals surface area (Å²) < 4.78 is 6.43. The summed E-state index contributed by atoms with van der Waals surface area (Å²) in [7, 11) is 0. The number of furan rings is 1. The SMILES string of the molecule is CC1(C)c2ccccc2-c2ccc(N(c3ccccc3)c3ccc(-c4ccc5oc6cc(-c7cccc8ccccc78)ccc6c5c4)cc3)cc21. The summed E-state index contributed by atoms with van der Waals surface area (Å²) in [5.41, 5.74) is 15.3. The van der Waals surface area contributed by atoms with Gasteiger partial charge >= 0.3 is 0 Å². The van der Waals surface area contributed by atoms with E-state index in [2.05, 4.69) is 195 Å². The molecule has 0 aliphatic heterocycles. The van der Waals surface area contributed by atoms with E-state index >= 15 is 0 Å². The smallest absolute Gasteiger partial charge is 0.136 e. The minimum absolute atomic E-state index is 0.0679. The van der Waals surface area contributed by atoms with Gasteiger partial charge in [0.15, 0.2) is 0 Å². The van der Waals surface area contributed by atoms with Crippen LogP contribution in [0.15, 0.2) is 180 Å². The fraction of sp³-hybridized carbons (Fsp3) is 0.0612. The van der Waals surface area contributed by atoms with Crippen molar-refractivity contribution in [1.82, 2.24) is 0 Å². The Morgan fingerprint density at radius 2 is 1.06 bits per heavy atom. The lowest BCUT2D eigenvalue weighted by Gasteiger charge is -2.28. The summed E-state index contributed by atoms with van der Waals surface area (Å²) in [5, 5.41) is 4.75. The van der Waals surface area contributed by atoms with E-state index in [1.165, 1.54) is 44.2 Å². The summed E-state index contributed by atoms with van der Waals surface area (Å²) >= 11 is 0. The molecule has 1 aromatic heterocycles. The van der Waals surface area contributed by atoms with Gasteiger partial charge in [-0.05, 0) is 116 Å². The Balaban J connectivity index is 1.01. The van der Waals surface area contributed by atoms with E-state index in [1.807, 2.05) is 0 Å². The molecule has 9 aromatic rings. The second kappa shape index (κ2) is 11.3. The highest BCUT2D eigenvalue weighted by Crippen LogP contribution is 2.50. The Morgan fingerprint density at radius 3 is 1.94 bits per heavy atom. The van der Waals surface area contributed by atoms with Crippen LogP contribution in [-0.2, 0) is 5.41 Å². The Labute approximate surface area is 297 Å². The van der Waals surface area contributed by atoms with Crippen LogP contribution < -0.4 is 4.90 Å². The monoisotopic (exact) mass is 653 g/mol. The predicted octanol–water partition coefficient (Wildman–Crippen LogP) is 13.8. The highest BCUT2D eigenvalue weighted by atomic mass is 16.3. The zero-order chi connectivity index (χ0) is 34.1. The first-order valence-electron chi connectivity index (χ1n) is 17.7. The lowest BCUT2D eigenvalue weighted by molar-refractivity contribution is 0.660. The van der Waals surface area contributed by atoms with Crippen LogP contribution >= 0.6 is 0 Å². The number of hydrogen-bond acceptors (Lipinski definition) is 2. The van der Waals surface area contributed by atoms with Gasteiger partial charge in [-0.15, -0.1) is 0 Å². The molecule has 0 saturated heterocycles. The maximum atomic E-state index is 6.43. The standard InChI is InChI=1S/C49H35NO/c1-49(2)45-18-9-8-16-41(45)42-27-25-38(31-46(42)49)50(36-13-4-3-5-14-36)37-23-19-32(20-24-37)34-22-28-47-44(29-34)43-26-21-35(30-48(43)51-47)40-17-10-12-33-11-6-7-15-39(33)40/h3-31H,1-2H3. The van der Waals surface area contributed by atoms with Crippen LogP contribution in [0, 0.1) is 0 Å². The zero-order valence-corrected chi connectivity index (χ0v) is 28.6. The summed E-state index contributed by atoms with van der Waals surface area (Å²) in [4.78, 5) is 2.36. The third-order valence-electron chi connectivity index (χ3n) is 10.9. The van der Waals surface area contributed by atoms with E-state index in [4.69, 9.17) is 4.42 Å². The predicted molar refractivity (Wildman–Crippen MR) is 214 cm³/mol. The summed E-state index contributed by atoms with van der Waals surface area (Å²) in [6.45, 7) is 4.68.